The number of rotatable bonds is 6. The van der Waals surface area contributed by atoms with Gasteiger partial charge in [0.15, 0.2) is 17.6 Å². The van der Waals surface area contributed by atoms with Gasteiger partial charge in [-0.2, -0.15) is 11.8 Å². The fourth-order valence-electron chi connectivity index (χ4n) is 2.20. The van der Waals surface area contributed by atoms with Gasteiger partial charge in [-0.25, -0.2) is 0 Å². The zero-order chi connectivity index (χ0) is 15.2. The number of carbonyl (C=O) groups excluding carboxylic acids is 1. The number of likely N-dealkylation sites (N-methyl/N-ethyl adjacent to an activating group) is 1. The van der Waals surface area contributed by atoms with E-state index in [-0.39, 0.29) is 12.0 Å². The number of amides is 1. The first-order valence-electron chi connectivity index (χ1n) is 6.99. The molecule has 1 unspecified atom stereocenters. The molecule has 0 saturated carbocycles. The lowest BCUT2D eigenvalue weighted by molar-refractivity contribution is -0.132. The predicted molar refractivity (Wildman–Crippen MR) is 85.0 cm³/mol. The molecule has 1 aromatic rings. The Labute approximate surface area is 129 Å². The Kier molecular flexibility index (Phi) is 5.76. The monoisotopic (exact) mass is 310 g/mol. The Morgan fingerprint density at radius 1 is 1.48 bits per heavy atom. The van der Waals surface area contributed by atoms with Crippen molar-refractivity contribution in [3.8, 4) is 11.5 Å². The van der Waals surface area contributed by atoms with Crippen LogP contribution < -0.4 is 15.2 Å². The lowest BCUT2D eigenvalue weighted by Gasteiger charge is -2.30. The summed E-state index contributed by atoms with van der Waals surface area (Å²) in [5, 5.41) is 0. The van der Waals surface area contributed by atoms with Gasteiger partial charge in [-0.1, -0.05) is 12.1 Å². The van der Waals surface area contributed by atoms with Gasteiger partial charge in [0, 0.05) is 7.05 Å². The molecule has 0 saturated heterocycles. The summed E-state index contributed by atoms with van der Waals surface area (Å²) in [6.07, 6.45) is 2.53. The molecule has 2 N–H and O–H groups in total. The number of benzene rings is 1. The van der Waals surface area contributed by atoms with Gasteiger partial charge in [-0.05, 0) is 30.6 Å². The van der Waals surface area contributed by atoms with Crippen LogP contribution in [0.15, 0.2) is 24.3 Å². The summed E-state index contributed by atoms with van der Waals surface area (Å²) >= 11 is 1.69. The molecule has 1 aliphatic heterocycles. The van der Waals surface area contributed by atoms with E-state index in [1.165, 1.54) is 0 Å². The van der Waals surface area contributed by atoms with Crippen LogP contribution in [0.2, 0.25) is 0 Å². The van der Waals surface area contributed by atoms with E-state index in [2.05, 4.69) is 0 Å². The Bertz CT molecular complexity index is 484. The van der Waals surface area contributed by atoms with Crippen molar-refractivity contribution in [2.24, 2.45) is 5.73 Å². The van der Waals surface area contributed by atoms with Crippen molar-refractivity contribution in [2.45, 2.75) is 18.6 Å². The van der Waals surface area contributed by atoms with E-state index in [4.69, 9.17) is 15.2 Å². The summed E-state index contributed by atoms with van der Waals surface area (Å²) < 4.78 is 11.5. The topological polar surface area (TPSA) is 64.8 Å². The highest BCUT2D eigenvalue weighted by Gasteiger charge is 2.25. The lowest BCUT2D eigenvalue weighted by Crippen LogP contribution is -2.47. The van der Waals surface area contributed by atoms with E-state index in [1.54, 1.807) is 23.7 Å². The van der Waals surface area contributed by atoms with Crippen LogP contribution in [0.25, 0.3) is 0 Å². The van der Waals surface area contributed by atoms with E-state index in [0.717, 1.165) is 17.3 Å². The van der Waals surface area contributed by atoms with E-state index in [0.29, 0.717) is 19.6 Å². The summed E-state index contributed by atoms with van der Waals surface area (Å²) in [5.74, 6) is 2.31. The average Bonchev–Trinajstić information content (AvgIpc) is 2.51. The molecule has 116 valence electrons. The van der Waals surface area contributed by atoms with Crippen molar-refractivity contribution in [1.82, 2.24) is 4.90 Å². The third-order valence-electron chi connectivity index (χ3n) is 3.37. The zero-order valence-corrected chi connectivity index (χ0v) is 13.3. The normalized spacial score (nSPS) is 18.1. The number of hydrogen-bond donors (Lipinski definition) is 1. The number of ether oxygens (including phenoxy) is 2. The number of carbonyl (C=O) groups is 1. The van der Waals surface area contributed by atoms with E-state index in [1.807, 2.05) is 30.5 Å². The summed E-state index contributed by atoms with van der Waals surface area (Å²) in [5.41, 5.74) is 5.91. The molecule has 0 aliphatic carbocycles. The first kappa shape index (κ1) is 16.0. The molecule has 1 aromatic carbocycles. The molecule has 6 heteroatoms. The number of fused-ring (bicyclic) bond motifs is 1. The van der Waals surface area contributed by atoms with Gasteiger partial charge < -0.3 is 20.1 Å². The maximum atomic E-state index is 12.2. The lowest BCUT2D eigenvalue weighted by atomic mass is 10.2. The highest BCUT2D eigenvalue weighted by Crippen LogP contribution is 2.30. The minimum Gasteiger partial charge on any atom is -0.486 e. The Morgan fingerprint density at radius 3 is 2.90 bits per heavy atom. The van der Waals surface area contributed by atoms with Crippen LogP contribution in [-0.4, -0.2) is 55.2 Å². The SMILES string of the molecule is CSCC[C@@H](N)C(=O)N(C)CC1COc2ccccc2O1. The molecule has 0 bridgehead atoms. The summed E-state index contributed by atoms with van der Waals surface area (Å²) in [6, 6.07) is 7.10. The first-order valence-corrected chi connectivity index (χ1v) is 8.39. The molecule has 2 atom stereocenters. The second-order valence-corrected chi connectivity index (χ2v) is 6.09. The van der Waals surface area contributed by atoms with E-state index >= 15 is 0 Å². The van der Waals surface area contributed by atoms with Gasteiger partial charge in [0.1, 0.15) is 6.61 Å². The van der Waals surface area contributed by atoms with Gasteiger partial charge in [0.05, 0.1) is 12.6 Å². The molecule has 21 heavy (non-hydrogen) atoms. The quantitative estimate of drug-likeness (QED) is 0.859. The first-order chi connectivity index (χ1) is 10.1. The minimum absolute atomic E-state index is 0.0495. The van der Waals surface area contributed by atoms with Crippen molar-refractivity contribution < 1.29 is 14.3 Å². The van der Waals surface area contributed by atoms with Gasteiger partial charge in [0.25, 0.3) is 0 Å². The van der Waals surface area contributed by atoms with Crippen molar-refractivity contribution in [1.29, 1.82) is 0 Å². The van der Waals surface area contributed by atoms with Crippen LogP contribution in [0.5, 0.6) is 11.5 Å². The van der Waals surface area contributed by atoms with Crippen LogP contribution in [0, 0.1) is 0 Å². The molecule has 2 rings (SSSR count). The van der Waals surface area contributed by atoms with E-state index in [9.17, 15) is 4.79 Å². The Balaban J connectivity index is 1.86. The molecule has 1 amide bonds. The molecule has 0 fully saturated rings. The molecule has 0 aromatic heterocycles. The summed E-state index contributed by atoms with van der Waals surface area (Å²) in [7, 11) is 1.76. The number of thioether (sulfide) groups is 1. The highest BCUT2D eigenvalue weighted by molar-refractivity contribution is 7.98. The molecule has 0 spiro atoms. The van der Waals surface area contributed by atoms with Crippen molar-refractivity contribution in [3.05, 3.63) is 24.3 Å². The van der Waals surface area contributed by atoms with Crippen LogP contribution in [0.4, 0.5) is 0 Å². The molecule has 1 aliphatic rings. The molecular weight excluding hydrogens is 288 g/mol. The minimum atomic E-state index is -0.445. The fourth-order valence-corrected chi connectivity index (χ4v) is 2.69. The molecule has 5 nitrogen and oxygen atoms in total. The number of hydrogen-bond acceptors (Lipinski definition) is 5. The van der Waals surface area contributed by atoms with Crippen molar-refractivity contribution in [3.63, 3.8) is 0 Å². The molecule has 1 heterocycles. The van der Waals surface area contributed by atoms with Gasteiger partial charge >= 0.3 is 0 Å². The summed E-state index contributed by atoms with van der Waals surface area (Å²) in [6.45, 7) is 0.912. The van der Waals surface area contributed by atoms with Crippen LogP contribution in [0.3, 0.4) is 0 Å². The van der Waals surface area contributed by atoms with Crippen LogP contribution in [0.1, 0.15) is 6.42 Å². The second kappa shape index (κ2) is 7.56. The molecule has 0 radical (unpaired) electrons. The zero-order valence-electron chi connectivity index (χ0n) is 12.5. The number of nitrogens with zero attached hydrogens (tertiary/aromatic N) is 1. The average molecular weight is 310 g/mol. The maximum absolute atomic E-state index is 12.2. The van der Waals surface area contributed by atoms with Gasteiger partial charge in [0.2, 0.25) is 5.91 Å². The second-order valence-electron chi connectivity index (χ2n) is 5.10. The smallest absolute Gasteiger partial charge is 0.239 e. The fraction of sp³-hybridized carbons (Fsp3) is 0.533. The van der Waals surface area contributed by atoms with Gasteiger partial charge in [-0.3, -0.25) is 4.79 Å². The number of nitrogens with two attached hydrogens (primary N) is 1. The highest BCUT2D eigenvalue weighted by atomic mass is 32.2. The van der Waals surface area contributed by atoms with Crippen LogP contribution in [-0.2, 0) is 4.79 Å². The van der Waals surface area contributed by atoms with Crippen molar-refractivity contribution >= 4 is 17.7 Å². The van der Waals surface area contributed by atoms with Crippen molar-refractivity contribution in [2.75, 3.05) is 32.2 Å². The largest absolute Gasteiger partial charge is 0.486 e. The van der Waals surface area contributed by atoms with Gasteiger partial charge in [-0.15, -0.1) is 0 Å². The standard InChI is InChI=1S/C15H22N2O3S/c1-17(15(18)12(16)7-8-21-2)9-11-10-19-13-5-3-4-6-14(13)20-11/h3-6,11-12H,7-10,16H2,1-2H3/t11?,12-/m1/s1. The third kappa shape index (κ3) is 4.28. The molecular formula is C15H22N2O3S. The summed E-state index contributed by atoms with van der Waals surface area (Å²) in [4.78, 5) is 13.8. The van der Waals surface area contributed by atoms with E-state index < -0.39 is 6.04 Å². The Hall–Kier alpha value is -1.40. The maximum Gasteiger partial charge on any atom is 0.239 e. The Morgan fingerprint density at radius 2 is 2.19 bits per heavy atom. The third-order valence-corrected chi connectivity index (χ3v) is 4.02. The number of para-hydroxylation sites is 2. The predicted octanol–water partition coefficient (Wildman–Crippen LogP) is 1.37. The van der Waals surface area contributed by atoms with Crippen LogP contribution >= 0.6 is 11.8 Å².